The fourth-order valence-corrected chi connectivity index (χ4v) is 1.59. The Kier molecular flexibility index (Phi) is 4.54. The standard InChI is InChI=1S/C12H12ClN3O4/c1-18-9-5-7(6-17)3-4-8(9)20-12-15-10(13)14-11(16-12)19-2/h3-5,17H,6H2,1-2H3. The first-order chi connectivity index (χ1) is 9.66. The van der Waals surface area contributed by atoms with Crippen LogP contribution in [0.2, 0.25) is 5.28 Å². The van der Waals surface area contributed by atoms with Crippen molar-refractivity contribution in [1.82, 2.24) is 15.0 Å². The van der Waals surface area contributed by atoms with Crippen LogP contribution in [0.4, 0.5) is 0 Å². The Morgan fingerprint density at radius 3 is 2.45 bits per heavy atom. The lowest BCUT2D eigenvalue weighted by Crippen LogP contribution is -2.00. The number of rotatable bonds is 5. The van der Waals surface area contributed by atoms with Crippen molar-refractivity contribution in [3.8, 4) is 23.5 Å². The highest BCUT2D eigenvalue weighted by atomic mass is 35.5. The van der Waals surface area contributed by atoms with Gasteiger partial charge in [-0.15, -0.1) is 4.98 Å². The summed E-state index contributed by atoms with van der Waals surface area (Å²) in [6, 6.07) is 5.00. The number of hydrogen-bond donors (Lipinski definition) is 1. The molecule has 0 saturated heterocycles. The van der Waals surface area contributed by atoms with Gasteiger partial charge in [-0.25, -0.2) is 0 Å². The molecule has 106 valence electrons. The Hall–Kier alpha value is -2.12. The number of aliphatic hydroxyl groups excluding tert-OH is 1. The van der Waals surface area contributed by atoms with Crippen LogP contribution in [0.15, 0.2) is 18.2 Å². The van der Waals surface area contributed by atoms with Crippen molar-refractivity contribution >= 4 is 11.6 Å². The maximum atomic E-state index is 9.08. The molecule has 7 nitrogen and oxygen atoms in total. The summed E-state index contributed by atoms with van der Waals surface area (Å²) >= 11 is 5.73. The highest BCUT2D eigenvalue weighted by Gasteiger charge is 2.11. The lowest BCUT2D eigenvalue weighted by Gasteiger charge is -2.10. The van der Waals surface area contributed by atoms with Crippen molar-refractivity contribution in [2.45, 2.75) is 6.61 Å². The van der Waals surface area contributed by atoms with E-state index in [9.17, 15) is 0 Å². The van der Waals surface area contributed by atoms with Crippen LogP contribution >= 0.6 is 11.6 Å². The van der Waals surface area contributed by atoms with Gasteiger partial charge in [0.05, 0.1) is 20.8 Å². The summed E-state index contributed by atoms with van der Waals surface area (Å²) in [7, 11) is 2.90. The van der Waals surface area contributed by atoms with Crippen molar-refractivity contribution < 1.29 is 19.3 Å². The summed E-state index contributed by atoms with van der Waals surface area (Å²) in [5, 5.41) is 9.04. The fourth-order valence-electron chi connectivity index (χ4n) is 1.44. The summed E-state index contributed by atoms with van der Waals surface area (Å²) < 4.78 is 15.5. The summed E-state index contributed by atoms with van der Waals surface area (Å²) in [5.41, 5.74) is 0.695. The van der Waals surface area contributed by atoms with E-state index < -0.39 is 0 Å². The van der Waals surface area contributed by atoms with E-state index in [0.29, 0.717) is 17.1 Å². The van der Waals surface area contributed by atoms with Gasteiger partial charge >= 0.3 is 12.0 Å². The Labute approximate surface area is 120 Å². The number of nitrogens with zero attached hydrogens (tertiary/aromatic N) is 3. The minimum absolute atomic E-state index is 0.0168. The third kappa shape index (κ3) is 3.25. The zero-order valence-corrected chi connectivity index (χ0v) is 11.6. The van der Waals surface area contributed by atoms with Crippen LogP contribution in [-0.2, 0) is 6.61 Å². The topological polar surface area (TPSA) is 86.6 Å². The average Bonchev–Trinajstić information content (AvgIpc) is 2.47. The van der Waals surface area contributed by atoms with Gasteiger partial charge < -0.3 is 19.3 Å². The zero-order valence-electron chi connectivity index (χ0n) is 10.8. The molecule has 0 bridgehead atoms. The van der Waals surface area contributed by atoms with Gasteiger partial charge in [-0.3, -0.25) is 0 Å². The Balaban J connectivity index is 2.31. The first-order valence-electron chi connectivity index (χ1n) is 5.57. The number of ether oxygens (including phenoxy) is 3. The summed E-state index contributed by atoms with van der Waals surface area (Å²) in [5.74, 6) is 0.820. The minimum Gasteiger partial charge on any atom is -0.493 e. The highest BCUT2D eigenvalue weighted by molar-refractivity contribution is 6.28. The second-order valence-electron chi connectivity index (χ2n) is 3.62. The Bertz CT molecular complexity index is 609. The lowest BCUT2D eigenvalue weighted by atomic mass is 10.2. The predicted octanol–water partition coefficient (Wildman–Crippen LogP) is 1.83. The molecule has 1 aromatic heterocycles. The van der Waals surface area contributed by atoms with E-state index in [4.69, 9.17) is 30.9 Å². The maximum absolute atomic E-state index is 9.08. The second-order valence-corrected chi connectivity index (χ2v) is 3.96. The molecule has 1 heterocycles. The van der Waals surface area contributed by atoms with E-state index in [1.165, 1.54) is 14.2 Å². The molecule has 0 radical (unpaired) electrons. The molecule has 2 rings (SSSR count). The molecule has 0 unspecified atom stereocenters. The number of hydrogen-bond acceptors (Lipinski definition) is 7. The van der Waals surface area contributed by atoms with E-state index in [0.717, 1.165) is 0 Å². The average molecular weight is 298 g/mol. The third-order valence-corrected chi connectivity index (χ3v) is 2.53. The first-order valence-corrected chi connectivity index (χ1v) is 5.95. The van der Waals surface area contributed by atoms with Gasteiger partial charge in [-0.1, -0.05) is 6.07 Å². The number of benzene rings is 1. The van der Waals surface area contributed by atoms with Gasteiger partial charge in [0.1, 0.15) is 0 Å². The van der Waals surface area contributed by atoms with Crippen molar-refractivity contribution in [3.05, 3.63) is 29.0 Å². The van der Waals surface area contributed by atoms with Gasteiger partial charge in [-0.05, 0) is 29.3 Å². The first kappa shape index (κ1) is 14.3. The molecule has 0 aliphatic heterocycles. The van der Waals surface area contributed by atoms with Gasteiger partial charge in [0, 0.05) is 0 Å². The molecule has 0 fully saturated rings. The third-order valence-electron chi connectivity index (χ3n) is 2.36. The number of methoxy groups -OCH3 is 2. The molecule has 8 heteroatoms. The van der Waals surface area contributed by atoms with E-state index in [-0.39, 0.29) is 23.9 Å². The van der Waals surface area contributed by atoms with Crippen LogP contribution in [-0.4, -0.2) is 34.3 Å². The Morgan fingerprint density at radius 1 is 1.05 bits per heavy atom. The number of aliphatic hydroxyl groups is 1. The van der Waals surface area contributed by atoms with Crippen LogP contribution in [0.25, 0.3) is 0 Å². The van der Waals surface area contributed by atoms with Gasteiger partial charge in [0.25, 0.3) is 0 Å². The molecule has 0 amide bonds. The monoisotopic (exact) mass is 297 g/mol. The van der Waals surface area contributed by atoms with E-state index in [2.05, 4.69) is 15.0 Å². The molecular weight excluding hydrogens is 286 g/mol. The van der Waals surface area contributed by atoms with Crippen molar-refractivity contribution in [3.63, 3.8) is 0 Å². The molecule has 1 N–H and O–H groups in total. The second kappa shape index (κ2) is 6.36. The van der Waals surface area contributed by atoms with Crippen LogP contribution in [0, 0.1) is 0 Å². The van der Waals surface area contributed by atoms with Crippen molar-refractivity contribution in [1.29, 1.82) is 0 Å². The van der Waals surface area contributed by atoms with Gasteiger partial charge in [-0.2, -0.15) is 9.97 Å². The normalized spacial score (nSPS) is 10.2. The summed E-state index contributed by atoms with van der Waals surface area (Å²) in [4.78, 5) is 11.5. The molecule has 0 aliphatic carbocycles. The van der Waals surface area contributed by atoms with Crippen LogP contribution < -0.4 is 14.2 Å². The fraction of sp³-hybridized carbons (Fsp3) is 0.250. The van der Waals surface area contributed by atoms with Crippen molar-refractivity contribution in [2.75, 3.05) is 14.2 Å². The van der Waals surface area contributed by atoms with Gasteiger partial charge in [0.2, 0.25) is 5.28 Å². The SMILES string of the molecule is COc1nc(Cl)nc(Oc2ccc(CO)cc2OC)n1. The van der Waals surface area contributed by atoms with E-state index in [1.54, 1.807) is 18.2 Å². The molecular formula is C12H12ClN3O4. The Morgan fingerprint density at radius 2 is 1.80 bits per heavy atom. The summed E-state index contributed by atoms with van der Waals surface area (Å²) in [6.45, 7) is -0.0952. The lowest BCUT2D eigenvalue weighted by molar-refractivity contribution is 0.280. The largest absolute Gasteiger partial charge is 0.493 e. The minimum atomic E-state index is -0.0952. The molecule has 1 aromatic carbocycles. The molecule has 0 atom stereocenters. The summed E-state index contributed by atoms with van der Waals surface area (Å²) in [6.07, 6.45) is 0. The zero-order chi connectivity index (χ0) is 14.5. The van der Waals surface area contributed by atoms with E-state index in [1.807, 2.05) is 0 Å². The smallest absolute Gasteiger partial charge is 0.329 e. The molecule has 0 saturated carbocycles. The van der Waals surface area contributed by atoms with Crippen LogP contribution in [0.1, 0.15) is 5.56 Å². The van der Waals surface area contributed by atoms with E-state index >= 15 is 0 Å². The number of halogens is 1. The van der Waals surface area contributed by atoms with Gasteiger partial charge in [0.15, 0.2) is 11.5 Å². The molecule has 0 spiro atoms. The quantitative estimate of drug-likeness (QED) is 0.900. The predicted molar refractivity (Wildman–Crippen MR) is 70.4 cm³/mol. The van der Waals surface area contributed by atoms with Crippen LogP contribution in [0.5, 0.6) is 23.5 Å². The molecule has 2 aromatic rings. The maximum Gasteiger partial charge on any atom is 0.329 e. The van der Waals surface area contributed by atoms with Crippen LogP contribution in [0.3, 0.4) is 0 Å². The number of aromatic nitrogens is 3. The van der Waals surface area contributed by atoms with Crippen molar-refractivity contribution in [2.24, 2.45) is 0 Å². The molecule has 0 aliphatic rings. The highest BCUT2D eigenvalue weighted by Crippen LogP contribution is 2.31. The molecule has 20 heavy (non-hydrogen) atoms.